The van der Waals surface area contributed by atoms with Gasteiger partial charge in [0.1, 0.15) is 0 Å². The van der Waals surface area contributed by atoms with Gasteiger partial charge in [0.15, 0.2) is 0 Å². The second kappa shape index (κ2) is 5.61. The topological polar surface area (TPSA) is 0 Å². The van der Waals surface area contributed by atoms with Gasteiger partial charge >= 0.3 is 0 Å². The first kappa shape index (κ1) is 12.0. The summed E-state index contributed by atoms with van der Waals surface area (Å²) in [5.74, 6) is 0.879. The zero-order chi connectivity index (χ0) is 9.61. The van der Waals surface area contributed by atoms with E-state index in [-0.39, 0.29) is 0 Å². The lowest BCUT2D eigenvalue weighted by Crippen LogP contribution is -2.05. The monoisotopic (exact) mass is 169 g/mol. The molecule has 12 heavy (non-hydrogen) atoms. The molecule has 0 aliphatic rings. The first-order valence-electron chi connectivity index (χ1n) is 5.25. The Labute approximate surface area is 78.8 Å². The molecule has 0 aromatic rings. The summed E-state index contributed by atoms with van der Waals surface area (Å²) in [6.07, 6.45) is 6.51. The molecule has 0 rings (SSSR count). The standard InChI is InChI=1S/C12H25/c1-6-8-11(2)9-7-10-12(3,4)5/h11H,1,6-10H2,2-5H3. The van der Waals surface area contributed by atoms with E-state index < -0.39 is 0 Å². The van der Waals surface area contributed by atoms with E-state index in [1.165, 1.54) is 25.7 Å². The van der Waals surface area contributed by atoms with Crippen LogP contribution in [0.2, 0.25) is 0 Å². The molecule has 0 heterocycles. The third-order valence-electron chi connectivity index (χ3n) is 2.32. The van der Waals surface area contributed by atoms with Crippen molar-refractivity contribution in [3.8, 4) is 0 Å². The molecule has 0 spiro atoms. The molecule has 0 N–H and O–H groups in total. The average molecular weight is 169 g/mol. The third kappa shape index (κ3) is 8.10. The quantitative estimate of drug-likeness (QED) is 0.570. The molecule has 0 amide bonds. The SMILES string of the molecule is [CH2]CCC(C)CCCC(C)(C)C. The summed E-state index contributed by atoms with van der Waals surface area (Å²) in [5, 5.41) is 0. The Bertz CT molecular complexity index is 97.1. The smallest absolute Gasteiger partial charge is 0.0383 e. The minimum atomic E-state index is 0.518. The van der Waals surface area contributed by atoms with E-state index in [1.807, 2.05) is 0 Å². The fraction of sp³-hybridized carbons (Fsp3) is 0.917. The summed E-state index contributed by atoms with van der Waals surface area (Å²) in [7, 11) is 0. The van der Waals surface area contributed by atoms with Gasteiger partial charge in [0.25, 0.3) is 0 Å². The van der Waals surface area contributed by atoms with Gasteiger partial charge in [0, 0.05) is 0 Å². The summed E-state index contributed by atoms with van der Waals surface area (Å²) < 4.78 is 0. The van der Waals surface area contributed by atoms with Crippen molar-refractivity contribution >= 4 is 0 Å². The van der Waals surface area contributed by atoms with Crippen LogP contribution in [0.15, 0.2) is 0 Å². The van der Waals surface area contributed by atoms with Crippen molar-refractivity contribution in [2.45, 2.75) is 59.8 Å². The third-order valence-corrected chi connectivity index (χ3v) is 2.32. The fourth-order valence-corrected chi connectivity index (χ4v) is 1.47. The maximum Gasteiger partial charge on any atom is -0.0383 e. The van der Waals surface area contributed by atoms with Gasteiger partial charge in [-0.1, -0.05) is 60.3 Å². The van der Waals surface area contributed by atoms with E-state index in [0.29, 0.717) is 5.41 Å². The Hall–Kier alpha value is 0. The minimum Gasteiger partial charge on any atom is -0.0625 e. The maximum atomic E-state index is 3.88. The summed E-state index contributed by atoms with van der Waals surface area (Å²) in [6.45, 7) is 13.2. The van der Waals surface area contributed by atoms with Crippen LogP contribution in [0.4, 0.5) is 0 Å². The number of hydrogen-bond donors (Lipinski definition) is 0. The first-order valence-corrected chi connectivity index (χ1v) is 5.25. The van der Waals surface area contributed by atoms with E-state index in [4.69, 9.17) is 0 Å². The first-order chi connectivity index (χ1) is 5.45. The summed E-state index contributed by atoms with van der Waals surface area (Å²) in [5.41, 5.74) is 0.518. The van der Waals surface area contributed by atoms with Crippen LogP contribution in [0.25, 0.3) is 0 Å². The molecule has 1 unspecified atom stereocenters. The van der Waals surface area contributed by atoms with Gasteiger partial charge in [0.05, 0.1) is 0 Å². The molecule has 0 aromatic carbocycles. The predicted octanol–water partition coefficient (Wildman–Crippen LogP) is 4.45. The number of rotatable bonds is 5. The van der Waals surface area contributed by atoms with Crippen LogP contribution in [0.1, 0.15) is 59.8 Å². The molecule has 0 nitrogen and oxygen atoms in total. The van der Waals surface area contributed by atoms with Crippen LogP contribution in [-0.2, 0) is 0 Å². The van der Waals surface area contributed by atoms with Crippen molar-refractivity contribution < 1.29 is 0 Å². The molecule has 73 valence electrons. The highest BCUT2D eigenvalue weighted by atomic mass is 14.2. The van der Waals surface area contributed by atoms with Crippen molar-refractivity contribution in [2.24, 2.45) is 11.3 Å². The summed E-state index contributed by atoms with van der Waals surface area (Å²) in [6, 6.07) is 0. The average Bonchev–Trinajstić information content (AvgIpc) is 1.84. The second-order valence-corrected chi connectivity index (χ2v) is 5.20. The lowest BCUT2D eigenvalue weighted by Gasteiger charge is -2.19. The highest BCUT2D eigenvalue weighted by Gasteiger charge is 2.10. The zero-order valence-electron chi connectivity index (χ0n) is 9.32. The Kier molecular flexibility index (Phi) is 5.61. The normalized spacial score (nSPS) is 14.8. The van der Waals surface area contributed by atoms with Crippen molar-refractivity contribution in [3.63, 3.8) is 0 Å². The Morgan fingerprint density at radius 2 is 1.75 bits per heavy atom. The van der Waals surface area contributed by atoms with Crippen LogP contribution in [-0.4, -0.2) is 0 Å². The van der Waals surface area contributed by atoms with E-state index >= 15 is 0 Å². The van der Waals surface area contributed by atoms with Crippen molar-refractivity contribution in [2.75, 3.05) is 0 Å². The Balaban J connectivity index is 3.31. The highest BCUT2D eigenvalue weighted by Crippen LogP contribution is 2.24. The molecular weight excluding hydrogens is 144 g/mol. The molecule has 0 heteroatoms. The second-order valence-electron chi connectivity index (χ2n) is 5.20. The van der Waals surface area contributed by atoms with Crippen LogP contribution in [0, 0.1) is 18.3 Å². The largest absolute Gasteiger partial charge is 0.0625 e. The van der Waals surface area contributed by atoms with Gasteiger partial charge in [-0.15, -0.1) is 0 Å². The summed E-state index contributed by atoms with van der Waals surface area (Å²) >= 11 is 0. The maximum absolute atomic E-state index is 3.88. The van der Waals surface area contributed by atoms with E-state index in [9.17, 15) is 0 Å². The van der Waals surface area contributed by atoms with Gasteiger partial charge in [-0.25, -0.2) is 0 Å². The lowest BCUT2D eigenvalue weighted by atomic mass is 9.87. The van der Waals surface area contributed by atoms with E-state index in [1.54, 1.807) is 0 Å². The molecule has 0 aromatic heterocycles. The molecule has 0 bridgehead atoms. The van der Waals surface area contributed by atoms with Gasteiger partial charge in [-0.2, -0.15) is 0 Å². The van der Waals surface area contributed by atoms with Crippen molar-refractivity contribution in [3.05, 3.63) is 6.92 Å². The van der Waals surface area contributed by atoms with Gasteiger partial charge in [-0.05, 0) is 17.8 Å². The molecule has 0 aliphatic carbocycles. The van der Waals surface area contributed by atoms with Crippen molar-refractivity contribution in [1.29, 1.82) is 0 Å². The lowest BCUT2D eigenvalue weighted by molar-refractivity contribution is 0.339. The number of hydrogen-bond acceptors (Lipinski definition) is 0. The van der Waals surface area contributed by atoms with Crippen LogP contribution >= 0.6 is 0 Å². The van der Waals surface area contributed by atoms with Gasteiger partial charge in [0.2, 0.25) is 0 Å². The van der Waals surface area contributed by atoms with Crippen LogP contribution in [0.3, 0.4) is 0 Å². The molecule has 0 fully saturated rings. The van der Waals surface area contributed by atoms with E-state index in [2.05, 4.69) is 34.6 Å². The molecule has 0 aliphatic heterocycles. The zero-order valence-corrected chi connectivity index (χ0v) is 9.32. The Morgan fingerprint density at radius 1 is 1.17 bits per heavy atom. The summed E-state index contributed by atoms with van der Waals surface area (Å²) in [4.78, 5) is 0. The molecule has 1 atom stereocenters. The van der Waals surface area contributed by atoms with Crippen molar-refractivity contribution in [1.82, 2.24) is 0 Å². The molecular formula is C12H25. The van der Waals surface area contributed by atoms with Gasteiger partial charge < -0.3 is 0 Å². The van der Waals surface area contributed by atoms with Crippen LogP contribution in [0.5, 0.6) is 0 Å². The molecule has 1 radical (unpaired) electrons. The predicted molar refractivity (Wildman–Crippen MR) is 57.1 cm³/mol. The van der Waals surface area contributed by atoms with E-state index in [0.717, 1.165) is 12.3 Å². The van der Waals surface area contributed by atoms with Crippen LogP contribution < -0.4 is 0 Å². The highest BCUT2D eigenvalue weighted by molar-refractivity contribution is 4.63. The molecule has 0 saturated heterocycles. The van der Waals surface area contributed by atoms with Gasteiger partial charge in [-0.3, -0.25) is 0 Å². The Morgan fingerprint density at radius 3 is 2.17 bits per heavy atom. The minimum absolute atomic E-state index is 0.518. The molecule has 0 saturated carbocycles. The fourth-order valence-electron chi connectivity index (χ4n) is 1.47.